The molecule has 0 saturated carbocycles. The quantitative estimate of drug-likeness (QED) is 0.288. The topological polar surface area (TPSA) is 75.7 Å². The van der Waals surface area contributed by atoms with Gasteiger partial charge in [0.05, 0.1) is 12.1 Å². The maximum atomic E-state index is 12.1. The minimum absolute atomic E-state index is 0.0192. The minimum Gasteiger partial charge on any atom is -0.454 e. The summed E-state index contributed by atoms with van der Waals surface area (Å²) < 4.78 is 32.7. The number of hydrogen-bond donors (Lipinski definition) is 0. The first kappa shape index (κ1) is 20.4. The van der Waals surface area contributed by atoms with Gasteiger partial charge in [0.15, 0.2) is 11.5 Å². The molecule has 29 heavy (non-hydrogen) atoms. The number of fused-ring (bicyclic) bond motifs is 2. The van der Waals surface area contributed by atoms with E-state index >= 15 is 0 Å². The summed E-state index contributed by atoms with van der Waals surface area (Å²) in [4.78, 5) is 13.8. The third kappa shape index (κ3) is 4.08. The van der Waals surface area contributed by atoms with Crippen LogP contribution < -0.4 is 9.47 Å². The van der Waals surface area contributed by atoms with Gasteiger partial charge in [0.25, 0.3) is 0 Å². The van der Waals surface area contributed by atoms with Crippen LogP contribution in [-0.4, -0.2) is 69.7 Å². The van der Waals surface area contributed by atoms with Crippen LogP contribution >= 0.6 is 11.6 Å². The molecule has 9 heteroatoms. The van der Waals surface area contributed by atoms with Crippen molar-refractivity contribution in [2.24, 2.45) is 0 Å². The third-order valence-corrected chi connectivity index (χ3v) is 5.74. The Morgan fingerprint density at radius 2 is 1.93 bits per heavy atom. The Hall–Kier alpha value is -1.84. The van der Waals surface area contributed by atoms with Crippen LogP contribution in [0.1, 0.15) is 17.9 Å². The van der Waals surface area contributed by atoms with Crippen molar-refractivity contribution >= 4 is 17.0 Å². The van der Waals surface area contributed by atoms with Crippen molar-refractivity contribution in [1.82, 2.24) is 4.90 Å². The highest BCUT2D eigenvalue weighted by Crippen LogP contribution is 2.45. The number of nitrogens with zero attached hydrogens (tertiary/aromatic N) is 1. The molecule has 0 spiro atoms. The van der Waals surface area contributed by atoms with Crippen LogP contribution in [0.25, 0.3) is 0 Å². The summed E-state index contributed by atoms with van der Waals surface area (Å²) in [6.07, 6.45) is 1.98. The molecule has 1 fully saturated rings. The van der Waals surface area contributed by atoms with E-state index in [1.807, 2.05) is 24.3 Å². The largest absolute Gasteiger partial charge is 0.454 e. The van der Waals surface area contributed by atoms with Crippen LogP contribution in [-0.2, 0) is 18.9 Å². The number of carbonyl (C=O) groups is 1. The molecule has 4 rings (SSSR count). The lowest BCUT2D eigenvalue weighted by Crippen LogP contribution is -2.43. The van der Waals surface area contributed by atoms with E-state index in [1.165, 1.54) is 0 Å². The lowest BCUT2D eigenvalue weighted by Gasteiger charge is -2.35. The Labute approximate surface area is 174 Å². The zero-order chi connectivity index (χ0) is 20.4. The molecule has 0 radical (unpaired) electrons. The summed E-state index contributed by atoms with van der Waals surface area (Å²) in [5, 5.41) is -0.481. The van der Waals surface area contributed by atoms with Gasteiger partial charge < -0.3 is 33.3 Å². The summed E-state index contributed by atoms with van der Waals surface area (Å²) in [5.41, 5.74) is 2.11. The minimum atomic E-state index is -0.481. The van der Waals surface area contributed by atoms with Gasteiger partial charge in [-0.15, -0.1) is 0 Å². The average molecular weight is 426 g/mol. The Morgan fingerprint density at radius 1 is 1.17 bits per heavy atom. The number of benzene rings is 1. The van der Waals surface area contributed by atoms with E-state index in [0.717, 1.165) is 16.9 Å². The highest BCUT2D eigenvalue weighted by molar-refractivity contribution is 6.62. The number of hydrogen-bond acceptors (Lipinski definition) is 7. The number of likely N-dealkylation sites (tertiary alicyclic amines) is 1. The molecule has 0 aromatic heterocycles. The standard InChI is InChI=1S/C20H24ClNO7/c1-24-9-26-18-6-13-14(12-3-4-16-17(5-12)29-11-28-16)8-22(20(21)23)15(13)7-19(18)27-10-25-2/h3-6,14-15,18-19H,7-11H2,1-2H3/t14-,15-,18-,19-/m1/s1. The van der Waals surface area contributed by atoms with E-state index in [2.05, 4.69) is 0 Å². The van der Waals surface area contributed by atoms with E-state index in [0.29, 0.717) is 18.7 Å². The maximum absolute atomic E-state index is 12.1. The van der Waals surface area contributed by atoms with Crippen LogP contribution in [0.15, 0.2) is 29.8 Å². The zero-order valence-corrected chi connectivity index (χ0v) is 17.1. The first-order chi connectivity index (χ1) is 14.1. The molecule has 1 amide bonds. The Bertz CT molecular complexity index is 786. The van der Waals surface area contributed by atoms with Crippen LogP contribution in [0.3, 0.4) is 0 Å². The monoisotopic (exact) mass is 425 g/mol. The second-order valence-corrected chi connectivity index (χ2v) is 7.46. The predicted octanol–water partition coefficient (Wildman–Crippen LogP) is 2.85. The molecule has 1 aromatic rings. The van der Waals surface area contributed by atoms with Gasteiger partial charge in [0, 0.05) is 33.1 Å². The molecule has 0 unspecified atom stereocenters. The molecule has 2 aliphatic heterocycles. The molecule has 1 aromatic carbocycles. The van der Waals surface area contributed by atoms with Crippen molar-refractivity contribution < 1.29 is 33.2 Å². The average Bonchev–Trinajstić information content (AvgIpc) is 3.33. The van der Waals surface area contributed by atoms with Gasteiger partial charge >= 0.3 is 5.37 Å². The molecular formula is C20H24ClNO7. The molecule has 4 atom stereocenters. The van der Waals surface area contributed by atoms with Crippen molar-refractivity contribution in [2.75, 3.05) is 41.1 Å². The third-order valence-electron chi connectivity index (χ3n) is 5.52. The van der Waals surface area contributed by atoms with E-state index in [1.54, 1.807) is 19.1 Å². The lowest BCUT2D eigenvalue weighted by atomic mass is 9.83. The van der Waals surface area contributed by atoms with Crippen molar-refractivity contribution in [3.05, 3.63) is 35.4 Å². The van der Waals surface area contributed by atoms with E-state index in [9.17, 15) is 4.79 Å². The fourth-order valence-electron chi connectivity index (χ4n) is 4.23. The first-order valence-corrected chi connectivity index (χ1v) is 9.78. The number of carbonyl (C=O) groups excluding carboxylic acids is 1. The van der Waals surface area contributed by atoms with E-state index in [4.69, 9.17) is 40.0 Å². The summed E-state index contributed by atoms with van der Waals surface area (Å²) in [6, 6.07) is 5.69. The van der Waals surface area contributed by atoms with Gasteiger partial charge in [-0.05, 0) is 34.9 Å². The van der Waals surface area contributed by atoms with Gasteiger partial charge in [0.1, 0.15) is 19.7 Å². The van der Waals surface area contributed by atoms with E-state index < -0.39 is 5.37 Å². The normalized spacial score (nSPS) is 27.7. The summed E-state index contributed by atoms with van der Waals surface area (Å²) in [5.74, 6) is 1.41. The fraction of sp³-hybridized carbons (Fsp3) is 0.550. The molecule has 158 valence electrons. The van der Waals surface area contributed by atoms with Crippen molar-refractivity contribution in [3.8, 4) is 11.5 Å². The molecule has 0 N–H and O–H groups in total. The zero-order valence-electron chi connectivity index (χ0n) is 16.3. The molecule has 1 aliphatic carbocycles. The molecule has 8 nitrogen and oxygen atoms in total. The maximum Gasteiger partial charge on any atom is 0.316 e. The van der Waals surface area contributed by atoms with Crippen molar-refractivity contribution in [1.29, 1.82) is 0 Å². The predicted molar refractivity (Wildman–Crippen MR) is 103 cm³/mol. The van der Waals surface area contributed by atoms with Crippen molar-refractivity contribution in [2.45, 2.75) is 30.6 Å². The number of ether oxygens (including phenoxy) is 6. The van der Waals surface area contributed by atoms with Gasteiger partial charge in [-0.2, -0.15) is 0 Å². The van der Waals surface area contributed by atoms with Gasteiger partial charge in [-0.1, -0.05) is 12.1 Å². The second kappa shape index (κ2) is 8.89. The number of amides is 1. The number of halogens is 1. The molecular weight excluding hydrogens is 402 g/mol. The van der Waals surface area contributed by atoms with Gasteiger partial charge in [0.2, 0.25) is 6.79 Å². The second-order valence-electron chi connectivity index (χ2n) is 7.14. The molecule has 3 aliphatic rings. The van der Waals surface area contributed by atoms with Crippen LogP contribution in [0.2, 0.25) is 0 Å². The first-order valence-electron chi connectivity index (χ1n) is 9.40. The summed E-state index contributed by atoms with van der Waals surface area (Å²) >= 11 is 5.92. The van der Waals surface area contributed by atoms with Crippen LogP contribution in [0.4, 0.5) is 4.79 Å². The Morgan fingerprint density at radius 3 is 2.69 bits per heavy atom. The summed E-state index contributed by atoms with van der Waals surface area (Å²) in [7, 11) is 3.14. The number of methoxy groups -OCH3 is 2. The fourth-order valence-corrected chi connectivity index (χ4v) is 4.41. The molecule has 1 saturated heterocycles. The Kier molecular flexibility index (Phi) is 6.26. The van der Waals surface area contributed by atoms with Crippen molar-refractivity contribution in [3.63, 3.8) is 0 Å². The van der Waals surface area contributed by atoms with Crippen LogP contribution in [0, 0.1) is 0 Å². The van der Waals surface area contributed by atoms with Gasteiger partial charge in [-0.3, -0.25) is 4.79 Å². The van der Waals surface area contributed by atoms with E-state index in [-0.39, 0.29) is 44.5 Å². The highest BCUT2D eigenvalue weighted by atomic mass is 35.5. The SMILES string of the molecule is COCO[C@@H]1C=C2[C@@H](C[C@H]1OCOC)N(C(=O)Cl)C[C@@H]2c1ccc2c(c1)OCO2. The Balaban J connectivity index is 1.66. The number of rotatable bonds is 7. The molecule has 2 heterocycles. The lowest BCUT2D eigenvalue weighted by molar-refractivity contribution is -0.149. The van der Waals surface area contributed by atoms with Gasteiger partial charge in [-0.25, -0.2) is 0 Å². The summed E-state index contributed by atoms with van der Waals surface area (Å²) in [6.45, 7) is 0.964. The highest BCUT2D eigenvalue weighted by Gasteiger charge is 2.45. The molecule has 0 bridgehead atoms. The smallest absolute Gasteiger partial charge is 0.316 e. The van der Waals surface area contributed by atoms with Crippen LogP contribution in [0.5, 0.6) is 11.5 Å².